The smallest absolute Gasteiger partial charge is 0.254 e. The minimum absolute atomic E-state index is 0.0316. The van der Waals surface area contributed by atoms with E-state index in [9.17, 15) is 4.79 Å². The van der Waals surface area contributed by atoms with Crippen LogP contribution in [-0.2, 0) is 6.42 Å². The molecule has 1 aromatic carbocycles. The summed E-state index contributed by atoms with van der Waals surface area (Å²) in [7, 11) is 0. The van der Waals surface area contributed by atoms with Crippen LogP contribution < -0.4 is 5.73 Å². The van der Waals surface area contributed by atoms with Crippen LogP contribution in [0.5, 0.6) is 0 Å². The van der Waals surface area contributed by atoms with Gasteiger partial charge in [-0.3, -0.25) is 4.79 Å². The van der Waals surface area contributed by atoms with Gasteiger partial charge in [0, 0.05) is 12.1 Å². The molecule has 3 heteroatoms. The molecule has 0 atom stereocenters. The molecule has 0 aliphatic heterocycles. The molecule has 0 saturated heterocycles. The van der Waals surface area contributed by atoms with Crippen molar-refractivity contribution in [3.63, 3.8) is 0 Å². The lowest BCUT2D eigenvalue weighted by Gasteiger charge is -2.20. The summed E-state index contributed by atoms with van der Waals surface area (Å²) < 4.78 is 0. The molecule has 0 aromatic heterocycles. The highest BCUT2D eigenvalue weighted by Crippen LogP contribution is 2.30. The molecule has 2 N–H and O–H groups in total. The predicted octanol–water partition coefficient (Wildman–Crippen LogP) is 1.67. The van der Waals surface area contributed by atoms with Crippen LogP contribution in [0, 0.1) is 18.3 Å². The molecule has 1 aliphatic rings. The molecule has 19 heavy (non-hydrogen) atoms. The first-order valence-electron chi connectivity index (χ1n) is 6.76. The van der Waals surface area contributed by atoms with Crippen LogP contribution in [0.3, 0.4) is 0 Å². The van der Waals surface area contributed by atoms with Gasteiger partial charge in [0.25, 0.3) is 5.91 Å². The van der Waals surface area contributed by atoms with Crippen molar-refractivity contribution in [2.45, 2.75) is 19.3 Å². The van der Waals surface area contributed by atoms with Gasteiger partial charge in [-0.25, -0.2) is 0 Å². The Labute approximate surface area is 114 Å². The van der Waals surface area contributed by atoms with Gasteiger partial charge in [-0.1, -0.05) is 18.1 Å². The monoisotopic (exact) mass is 256 g/mol. The molecule has 3 nitrogen and oxygen atoms in total. The topological polar surface area (TPSA) is 46.3 Å². The number of carbonyl (C=O) groups is 1. The predicted molar refractivity (Wildman–Crippen MR) is 76.7 cm³/mol. The van der Waals surface area contributed by atoms with E-state index >= 15 is 0 Å². The minimum Gasteiger partial charge on any atom is -0.330 e. The van der Waals surface area contributed by atoms with Crippen LogP contribution in [0.1, 0.15) is 28.8 Å². The second-order valence-corrected chi connectivity index (χ2v) is 5.07. The summed E-state index contributed by atoms with van der Waals surface area (Å²) in [6.45, 7) is 1.80. The molecule has 2 rings (SSSR count). The van der Waals surface area contributed by atoms with Crippen molar-refractivity contribution in [1.29, 1.82) is 0 Å². The lowest BCUT2D eigenvalue weighted by molar-refractivity contribution is 0.0770. The van der Waals surface area contributed by atoms with Crippen molar-refractivity contribution >= 4 is 5.91 Å². The highest BCUT2D eigenvalue weighted by Gasteiger charge is 2.26. The molecule has 1 fully saturated rings. The first-order chi connectivity index (χ1) is 9.24. The summed E-state index contributed by atoms with van der Waals surface area (Å²) >= 11 is 0. The average molecular weight is 256 g/mol. The average Bonchev–Trinajstić information content (AvgIpc) is 3.23. The minimum atomic E-state index is 0.0316. The largest absolute Gasteiger partial charge is 0.330 e. The SMILES string of the molecule is C#CCN(CC1CC1)C(=O)c1ccc(CCN)cc1. The summed E-state index contributed by atoms with van der Waals surface area (Å²) in [4.78, 5) is 14.1. The van der Waals surface area contributed by atoms with Crippen molar-refractivity contribution < 1.29 is 4.79 Å². The number of nitrogens with two attached hydrogens (primary N) is 1. The fraction of sp³-hybridized carbons (Fsp3) is 0.438. The van der Waals surface area contributed by atoms with E-state index in [1.807, 2.05) is 24.3 Å². The molecule has 0 bridgehead atoms. The van der Waals surface area contributed by atoms with Crippen molar-refractivity contribution in [1.82, 2.24) is 4.90 Å². The van der Waals surface area contributed by atoms with Crippen LogP contribution in [0.15, 0.2) is 24.3 Å². The summed E-state index contributed by atoms with van der Waals surface area (Å²) in [6.07, 6.45) is 8.61. The maximum atomic E-state index is 12.4. The van der Waals surface area contributed by atoms with Crippen LogP contribution >= 0.6 is 0 Å². The zero-order valence-electron chi connectivity index (χ0n) is 11.1. The quantitative estimate of drug-likeness (QED) is 0.787. The number of carbonyl (C=O) groups excluding carboxylic acids is 1. The van der Waals surface area contributed by atoms with E-state index in [0.717, 1.165) is 18.5 Å². The van der Waals surface area contributed by atoms with Gasteiger partial charge in [0.2, 0.25) is 0 Å². The zero-order chi connectivity index (χ0) is 13.7. The van der Waals surface area contributed by atoms with Gasteiger partial charge in [0.1, 0.15) is 0 Å². The zero-order valence-corrected chi connectivity index (χ0v) is 11.1. The molecule has 1 amide bonds. The molecule has 1 aliphatic carbocycles. The maximum Gasteiger partial charge on any atom is 0.254 e. The Morgan fingerprint density at radius 3 is 2.58 bits per heavy atom. The van der Waals surface area contributed by atoms with Crippen LogP contribution in [0.25, 0.3) is 0 Å². The molecular weight excluding hydrogens is 236 g/mol. The Hall–Kier alpha value is -1.79. The molecular formula is C16H20N2O. The molecule has 0 unspecified atom stereocenters. The summed E-state index contributed by atoms with van der Waals surface area (Å²) in [6, 6.07) is 7.66. The molecule has 0 radical (unpaired) electrons. The summed E-state index contributed by atoms with van der Waals surface area (Å²) in [5, 5.41) is 0. The van der Waals surface area contributed by atoms with E-state index in [1.165, 1.54) is 12.8 Å². The normalized spacial score (nSPS) is 13.9. The highest BCUT2D eigenvalue weighted by atomic mass is 16.2. The lowest BCUT2D eigenvalue weighted by Crippen LogP contribution is -2.33. The second-order valence-electron chi connectivity index (χ2n) is 5.07. The summed E-state index contributed by atoms with van der Waals surface area (Å²) in [5.41, 5.74) is 7.37. The van der Waals surface area contributed by atoms with E-state index in [2.05, 4.69) is 5.92 Å². The van der Waals surface area contributed by atoms with Crippen molar-refractivity contribution in [3.05, 3.63) is 35.4 Å². The third kappa shape index (κ3) is 3.84. The molecule has 0 spiro atoms. The van der Waals surface area contributed by atoms with E-state index in [4.69, 9.17) is 12.2 Å². The first kappa shape index (κ1) is 13.6. The molecule has 1 aromatic rings. The Kier molecular flexibility index (Phi) is 4.59. The highest BCUT2D eigenvalue weighted by molar-refractivity contribution is 5.94. The Bertz CT molecular complexity index is 469. The van der Waals surface area contributed by atoms with Crippen molar-refractivity contribution in [2.24, 2.45) is 11.7 Å². The molecule has 0 heterocycles. The maximum absolute atomic E-state index is 12.4. The summed E-state index contributed by atoms with van der Waals surface area (Å²) in [5.74, 6) is 3.25. The van der Waals surface area contributed by atoms with Crippen molar-refractivity contribution in [2.75, 3.05) is 19.6 Å². The van der Waals surface area contributed by atoms with Gasteiger partial charge < -0.3 is 10.6 Å². The van der Waals surface area contributed by atoms with Gasteiger partial charge in [-0.05, 0) is 49.4 Å². The van der Waals surface area contributed by atoms with Gasteiger partial charge in [-0.15, -0.1) is 6.42 Å². The third-order valence-corrected chi connectivity index (χ3v) is 3.38. The van der Waals surface area contributed by atoms with Gasteiger partial charge >= 0.3 is 0 Å². The number of nitrogens with zero attached hydrogens (tertiary/aromatic N) is 1. The van der Waals surface area contributed by atoms with Gasteiger partial charge in [-0.2, -0.15) is 0 Å². The van der Waals surface area contributed by atoms with Gasteiger partial charge in [0.15, 0.2) is 0 Å². The number of benzene rings is 1. The van der Waals surface area contributed by atoms with Gasteiger partial charge in [0.05, 0.1) is 6.54 Å². The number of rotatable bonds is 6. The van der Waals surface area contributed by atoms with Crippen LogP contribution in [-0.4, -0.2) is 30.4 Å². The lowest BCUT2D eigenvalue weighted by atomic mass is 10.1. The van der Waals surface area contributed by atoms with Crippen LogP contribution in [0.2, 0.25) is 0 Å². The number of hydrogen-bond acceptors (Lipinski definition) is 2. The Morgan fingerprint density at radius 1 is 1.37 bits per heavy atom. The number of terminal acetylenes is 1. The van der Waals surface area contributed by atoms with E-state index in [1.54, 1.807) is 4.90 Å². The van der Waals surface area contributed by atoms with E-state index in [-0.39, 0.29) is 5.91 Å². The number of amides is 1. The number of hydrogen-bond donors (Lipinski definition) is 1. The first-order valence-corrected chi connectivity index (χ1v) is 6.76. The van der Waals surface area contributed by atoms with E-state index < -0.39 is 0 Å². The third-order valence-electron chi connectivity index (χ3n) is 3.38. The standard InChI is InChI=1S/C16H20N2O/c1-2-11-18(12-14-3-4-14)16(19)15-7-5-13(6-8-15)9-10-17/h1,5-8,14H,3-4,9-12,17H2. The molecule has 100 valence electrons. The Morgan fingerprint density at radius 2 is 2.05 bits per heavy atom. The second kappa shape index (κ2) is 6.40. The Balaban J connectivity index is 2.04. The van der Waals surface area contributed by atoms with E-state index in [0.29, 0.717) is 24.6 Å². The fourth-order valence-corrected chi connectivity index (χ4v) is 2.10. The fourth-order valence-electron chi connectivity index (χ4n) is 2.10. The van der Waals surface area contributed by atoms with Crippen LogP contribution in [0.4, 0.5) is 0 Å². The van der Waals surface area contributed by atoms with Crippen molar-refractivity contribution in [3.8, 4) is 12.3 Å². The molecule has 1 saturated carbocycles.